The van der Waals surface area contributed by atoms with Crippen LogP contribution in [0.2, 0.25) is 18.1 Å². The van der Waals surface area contributed by atoms with Crippen molar-refractivity contribution in [1.29, 1.82) is 0 Å². The fourth-order valence-electron chi connectivity index (χ4n) is 9.54. The van der Waals surface area contributed by atoms with Crippen LogP contribution in [-0.2, 0) is 14.0 Å². The Kier molecular flexibility index (Phi) is 7.71. The predicted molar refractivity (Wildman–Crippen MR) is 148 cm³/mol. The van der Waals surface area contributed by atoms with Gasteiger partial charge in [-0.2, -0.15) is 0 Å². The quantitative estimate of drug-likeness (QED) is 0.268. The average Bonchev–Trinajstić information content (AvgIpc) is 3.13. The van der Waals surface area contributed by atoms with Crippen molar-refractivity contribution in [3.8, 4) is 0 Å². The third-order valence-corrected chi connectivity index (χ3v) is 17.2. The summed E-state index contributed by atoms with van der Waals surface area (Å²) in [4.78, 5) is 11.8. The zero-order valence-corrected chi connectivity index (χ0v) is 25.5. The van der Waals surface area contributed by atoms with E-state index in [0.717, 1.165) is 36.0 Å². The molecule has 0 N–H and O–H groups in total. The summed E-state index contributed by atoms with van der Waals surface area (Å²) in [6.07, 6.45) is 14.5. The first-order valence-electron chi connectivity index (χ1n) is 15.0. The number of carbonyl (C=O) groups excluding carboxylic acids is 1. The minimum Gasteiger partial charge on any atom is -0.469 e. The molecule has 0 aromatic carbocycles. The number of fused-ring (bicyclic) bond motifs is 5. The van der Waals surface area contributed by atoms with E-state index < -0.39 is 8.32 Å². The molecule has 0 bridgehead atoms. The highest BCUT2D eigenvalue weighted by molar-refractivity contribution is 6.74. The summed E-state index contributed by atoms with van der Waals surface area (Å²) in [5.74, 6) is 4.94. The third kappa shape index (κ3) is 4.93. The number of methoxy groups -OCH3 is 1. The molecule has 0 saturated heterocycles. The Bertz CT molecular complexity index is 772. The summed E-state index contributed by atoms with van der Waals surface area (Å²) >= 11 is 0. The standard InChI is InChI=1S/C31H56O3Si/c1-21(10-15-28(32)33-7)25-13-14-26-24-12-11-22-20-23(34-35(8,9)29(2,3)4)16-18-30(22,5)27(24)17-19-31(25,26)6/h21-27H,10-20H2,1-9H3/t21-,22?,23-,24+,25-,26+,27+,30+,31-/m1/s1. The summed E-state index contributed by atoms with van der Waals surface area (Å²) in [5, 5.41) is 0.298. The van der Waals surface area contributed by atoms with Gasteiger partial charge >= 0.3 is 5.97 Å². The van der Waals surface area contributed by atoms with E-state index in [-0.39, 0.29) is 5.97 Å². The molecule has 9 atom stereocenters. The van der Waals surface area contributed by atoms with Crippen LogP contribution in [0.3, 0.4) is 0 Å². The normalized spacial score (nSPS) is 42.5. The van der Waals surface area contributed by atoms with Crippen molar-refractivity contribution in [1.82, 2.24) is 0 Å². The fraction of sp³-hybridized carbons (Fsp3) is 0.968. The highest BCUT2D eigenvalue weighted by Crippen LogP contribution is 2.68. The van der Waals surface area contributed by atoms with Crippen LogP contribution in [0.15, 0.2) is 0 Å². The van der Waals surface area contributed by atoms with Crippen molar-refractivity contribution in [2.75, 3.05) is 7.11 Å². The van der Waals surface area contributed by atoms with E-state index in [1.165, 1.54) is 64.9 Å². The molecule has 4 saturated carbocycles. The Morgan fingerprint density at radius 1 is 0.971 bits per heavy atom. The molecule has 4 aliphatic carbocycles. The zero-order valence-electron chi connectivity index (χ0n) is 24.5. The molecule has 0 spiro atoms. The molecule has 4 aliphatic rings. The van der Waals surface area contributed by atoms with E-state index in [1.807, 2.05) is 0 Å². The minimum atomic E-state index is -1.70. The molecule has 3 nitrogen and oxygen atoms in total. The summed E-state index contributed by atoms with van der Waals surface area (Å²) < 4.78 is 11.9. The van der Waals surface area contributed by atoms with Gasteiger partial charge in [0, 0.05) is 12.5 Å². The Morgan fingerprint density at radius 2 is 1.63 bits per heavy atom. The first-order valence-corrected chi connectivity index (χ1v) is 17.9. The topological polar surface area (TPSA) is 35.5 Å². The molecule has 4 heteroatoms. The maximum Gasteiger partial charge on any atom is 0.305 e. The van der Waals surface area contributed by atoms with Crippen LogP contribution in [-0.4, -0.2) is 27.5 Å². The van der Waals surface area contributed by atoms with Gasteiger partial charge in [0.25, 0.3) is 0 Å². The number of rotatable bonds is 6. The van der Waals surface area contributed by atoms with Gasteiger partial charge in [-0.05, 0) is 129 Å². The molecule has 0 aromatic rings. The number of carbonyl (C=O) groups is 1. The molecule has 1 unspecified atom stereocenters. The van der Waals surface area contributed by atoms with Gasteiger partial charge in [-0.3, -0.25) is 4.79 Å². The van der Waals surface area contributed by atoms with E-state index in [0.29, 0.717) is 34.3 Å². The van der Waals surface area contributed by atoms with Crippen LogP contribution < -0.4 is 0 Å². The third-order valence-electron chi connectivity index (χ3n) is 12.7. The lowest BCUT2D eigenvalue weighted by atomic mass is 9.44. The fourth-order valence-corrected chi connectivity index (χ4v) is 10.9. The average molecular weight is 505 g/mol. The van der Waals surface area contributed by atoms with E-state index in [2.05, 4.69) is 54.6 Å². The van der Waals surface area contributed by atoms with Crippen LogP contribution in [0.5, 0.6) is 0 Å². The second kappa shape index (κ2) is 9.75. The monoisotopic (exact) mass is 504 g/mol. The molecule has 35 heavy (non-hydrogen) atoms. The van der Waals surface area contributed by atoms with Gasteiger partial charge in [-0.25, -0.2) is 0 Å². The highest BCUT2D eigenvalue weighted by Gasteiger charge is 2.60. The summed E-state index contributed by atoms with van der Waals surface area (Å²) in [7, 11) is -0.180. The number of ether oxygens (including phenoxy) is 1. The Morgan fingerprint density at radius 3 is 2.29 bits per heavy atom. The first kappa shape index (κ1) is 27.7. The van der Waals surface area contributed by atoms with Crippen LogP contribution in [0.1, 0.15) is 112 Å². The number of esters is 1. The molecular formula is C31H56O3Si. The predicted octanol–water partition coefficient (Wildman–Crippen LogP) is 8.63. The van der Waals surface area contributed by atoms with Crippen LogP contribution in [0.25, 0.3) is 0 Å². The summed E-state index contributed by atoms with van der Waals surface area (Å²) in [5.41, 5.74) is 0.995. The van der Waals surface area contributed by atoms with Crippen molar-refractivity contribution in [3.05, 3.63) is 0 Å². The molecule has 0 heterocycles. The maximum absolute atomic E-state index is 11.8. The molecule has 4 rings (SSSR count). The lowest BCUT2D eigenvalue weighted by Crippen LogP contribution is -2.55. The number of hydrogen-bond donors (Lipinski definition) is 0. The van der Waals surface area contributed by atoms with E-state index in [9.17, 15) is 4.79 Å². The van der Waals surface area contributed by atoms with Crippen molar-refractivity contribution < 1.29 is 14.0 Å². The van der Waals surface area contributed by atoms with E-state index in [4.69, 9.17) is 9.16 Å². The van der Waals surface area contributed by atoms with Gasteiger partial charge in [0.1, 0.15) is 0 Å². The summed E-state index contributed by atoms with van der Waals surface area (Å²) in [6.45, 7) is 19.7. The van der Waals surface area contributed by atoms with Gasteiger partial charge in [0.2, 0.25) is 0 Å². The Hall–Kier alpha value is -0.353. The van der Waals surface area contributed by atoms with Crippen molar-refractivity contribution in [3.63, 3.8) is 0 Å². The minimum absolute atomic E-state index is 0.0420. The Balaban J connectivity index is 1.43. The molecule has 0 aliphatic heterocycles. The molecule has 4 fully saturated rings. The molecule has 0 amide bonds. The second-order valence-corrected chi connectivity index (χ2v) is 20.0. The SMILES string of the molecule is COC(=O)CC[C@@H](C)[C@H]1CC[C@H]2[C@@H]3CCC4C[C@H](O[Si](C)(C)C(C)(C)C)CC[C@]4(C)[C@H]3CC[C@]12C. The number of hydrogen-bond acceptors (Lipinski definition) is 3. The van der Waals surface area contributed by atoms with Gasteiger partial charge in [0.05, 0.1) is 7.11 Å². The van der Waals surface area contributed by atoms with Gasteiger partial charge < -0.3 is 9.16 Å². The maximum atomic E-state index is 11.8. The van der Waals surface area contributed by atoms with Gasteiger partial charge in [-0.1, -0.05) is 41.5 Å². The molecular weight excluding hydrogens is 448 g/mol. The first-order chi connectivity index (χ1) is 16.2. The molecule has 0 aromatic heterocycles. The van der Waals surface area contributed by atoms with Crippen LogP contribution >= 0.6 is 0 Å². The van der Waals surface area contributed by atoms with E-state index >= 15 is 0 Å². The highest BCUT2D eigenvalue weighted by atomic mass is 28.4. The van der Waals surface area contributed by atoms with Crippen molar-refractivity contribution >= 4 is 14.3 Å². The smallest absolute Gasteiger partial charge is 0.305 e. The largest absolute Gasteiger partial charge is 0.469 e. The van der Waals surface area contributed by atoms with Crippen LogP contribution in [0.4, 0.5) is 0 Å². The van der Waals surface area contributed by atoms with E-state index in [1.54, 1.807) is 0 Å². The van der Waals surface area contributed by atoms with Crippen molar-refractivity contribution in [2.45, 2.75) is 136 Å². The summed E-state index contributed by atoms with van der Waals surface area (Å²) in [6, 6.07) is 0. The van der Waals surface area contributed by atoms with Gasteiger partial charge in [-0.15, -0.1) is 0 Å². The molecule has 202 valence electrons. The van der Waals surface area contributed by atoms with Gasteiger partial charge in [0.15, 0.2) is 8.32 Å². The van der Waals surface area contributed by atoms with Crippen molar-refractivity contribution in [2.24, 2.45) is 46.3 Å². The Labute approximate surface area is 218 Å². The molecule has 0 radical (unpaired) electrons. The second-order valence-electron chi connectivity index (χ2n) is 15.3. The lowest BCUT2D eigenvalue weighted by Gasteiger charge is -2.61. The zero-order chi connectivity index (χ0) is 25.8. The van der Waals surface area contributed by atoms with Crippen LogP contribution in [0, 0.1) is 46.3 Å². The lowest BCUT2D eigenvalue weighted by molar-refractivity contribution is -0.141.